The first-order valence-electron chi connectivity index (χ1n) is 7.24. The second-order valence-corrected chi connectivity index (χ2v) is 5.20. The van der Waals surface area contributed by atoms with Crippen LogP contribution in [-0.2, 0) is 0 Å². The molecule has 4 heteroatoms. The SMILES string of the molecule is CNc1ccc(C(=O)NC2CCCCCCC2)cn1. The molecule has 2 rings (SSSR count). The first-order valence-corrected chi connectivity index (χ1v) is 7.24. The number of hydrogen-bond donors (Lipinski definition) is 2. The summed E-state index contributed by atoms with van der Waals surface area (Å²) in [6, 6.07) is 3.97. The lowest BCUT2D eigenvalue weighted by molar-refractivity contribution is 0.0930. The van der Waals surface area contributed by atoms with Crippen molar-refractivity contribution in [2.45, 2.75) is 51.0 Å². The fourth-order valence-electron chi connectivity index (χ4n) is 2.55. The van der Waals surface area contributed by atoms with Crippen LogP contribution in [0.5, 0.6) is 0 Å². The molecule has 1 aliphatic carbocycles. The first-order chi connectivity index (χ1) is 9.29. The Balaban J connectivity index is 1.91. The van der Waals surface area contributed by atoms with Gasteiger partial charge in [0.1, 0.15) is 5.82 Å². The zero-order valence-corrected chi connectivity index (χ0v) is 11.6. The van der Waals surface area contributed by atoms with Crippen molar-refractivity contribution >= 4 is 11.7 Å². The fourth-order valence-corrected chi connectivity index (χ4v) is 2.55. The maximum atomic E-state index is 12.1. The lowest BCUT2D eigenvalue weighted by Crippen LogP contribution is -2.35. The van der Waals surface area contributed by atoms with Crippen molar-refractivity contribution in [1.29, 1.82) is 0 Å². The maximum Gasteiger partial charge on any atom is 0.253 e. The fraction of sp³-hybridized carbons (Fsp3) is 0.600. The number of nitrogens with zero attached hydrogens (tertiary/aromatic N) is 1. The molecule has 1 aromatic rings. The summed E-state index contributed by atoms with van der Waals surface area (Å²) in [6.45, 7) is 0. The molecule has 0 bridgehead atoms. The van der Waals surface area contributed by atoms with Crippen LogP contribution < -0.4 is 10.6 Å². The number of carbonyl (C=O) groups is 1. The van der Waals surface area contributed by atoms with Crippen molar-refractivity contribution in [3.63, 3.8) is 0 Å². The number of aromatic nitrogens is 1. The van der Waals surface area contributed by atoms with E-state index in [1.54, 1.807) is 6.20 Å². The van der Waals surface area contributed by atoms with Gasteiger partial charge in [0.2, 0.25) is 0 Å². The molecule has 4 nitrogen and oxygen atoms in total. The van der Waals surface area contributed by atoms with E-state index in [1.165, 1.54) is 32.1 Å². The number of nitrogens with one attached hydrogen (secondary N) is 2. The van der Waals surface area contributed by atoms with Crippen LogP contribution in [0.15, 0.2) is 18.3 Å². The van der Waals surface area contributed by atoms with Gasteiger partial charge in [0.25, 0.3) is 5.91 Å². The average molecular weight is 261 g/mol. The number of hydrogen-bond acceptors (Lipinski definition) is 3. The molecule has 1 heterocycles. The number of rotatable bonds is 3. The molecule has 1 amide bonds. The van der Waals surface area contributed by atoms with Crippen molar-refractivity contribution in [3.05, 3.63) is 23.9 Å². The van der Waals surface area contributed by atoms with Gasteiger partial charge in [0, 0.05) is 19.3 Å². The molecule has 1 fully saturated rings. The van der Waals surface area contributed by atoms with Gasteiger partial charge in [0.15, 0.2) is 0 Å². The van der Waals surface area contributed by atoms with Crippen LogP contribution in [0.3, 0.4) is 0 Å². The van der Waals surface area contributed by atoms with E-state index in [0.29, 0.717) is 11.6 Å². The van der Waals surface area contributed by atoms with Gasteiger partial charge < -0.3 is 10.6 Å². The predicted octanol–water partition coefficient (Wildman–Crippen LogP) is 2.97. The van der Waals surface area contributed by atoms with Gasteiger partial charge in [-0.1, -0.05) is 32.1 Å². The maximum absolute atomic E-state index is 12.1. The average Bonchev–Trinajstić information content (AvgIpc) is 2.41. The highest BCUT2D eigenvalue weighted by atomic mass is 16.1. The zero-order chi connectivity index (χ0) is 13.5. The van der Waals surface area contributed by atoms with Crippen molar-refractivity contribution in [2.75, 3.05) is 12.4 Å². The van der Waals surface area contributed by atoms with E-state index in [-0.39, 0.29) is 5.91 Å². The van der Waals surface area contributed by atoms with Crippen LogP contribution in [-0.4, -0.2) is 24.0 Å². The Kier molecular flexibility index (Phi) is 5.19. The molecule has 0 spiro atoms. The Morgan fingerprint density at radius 3 is 2.42 bits per heavy atom. The molecule has 0 unspecified atom stereocenters. The predicted molar refractivity (Wildman–Crippen MR) is 77.4 cm³/mol. The summed E-state index contributed by atoms with van der Waals surface area (Å²) in [5.41, 5.74) is 0.640. The minimum Gasteiger partial charge on any atom is -0.373 e. The summed E-state index contributed by atoms with van der Waals surface area (Å²) >= 11 is 0. The Bertz CT molecular complexity index is 394. The lowest BCUT2D eigenvalue weighted by Gasteiger charge is -2.21. The third-order valence-electron chi connectivity index (χ3n) is 3.72. The molecular weight excluding hydrogens is 238 g/mol. The van der Waals surface area contributed by atoms with Gasteiger partial charge in [-0.25, -0.2) is 4.98 Å². The molecular formula is C15H23N3O. The second-order valence-electron chi connectivity index (χ2n) is 5.20. The monoisotopic (exact) mass is 261 g/mol. The van der Waals surface area contributed by atoms with Gasteiger partial charge >= 0.3 is 0 Å². The lowest BCUT2D eigenvalue weighted by atomic mass is 9.96. The third kappa shape index (κ3) is 4.23. The van der Waals surface area contributed by atoms with Crippen LogP contribution in [0.25, 0.3) is 0 Å². The normalized spacial score (nSPS) is 17.3. The van der Waals surface area contributed by atoms with Crippen LogP contribution in [0.1, 0.15) is 55.3 Å². The largest absolute Gasteiger partial charge is 0.373 e. The number of anilines is 1. The number of carbonyl (C=O) groups excluding carboxylic acids is 1. The molecule has 0 radical (unpaired) electrons. The summed E-state index contributed by atoms with van der Waals surface area (Å²) in [6.07, 6.45) is 10.2. The Labute approximate surface area is 115 Å². The van der Waals surface area contributed by atoms with Crippen LogP contribution in [0.2, 0.25) is 0 Å². The van der Waals surface area contributed by atoms with E-state index in [0.717, 1.165) is 18.7 Å². The molecule has 0 atom stereocenters. The van der Waals surface area contributed by atoms with Gasteiger partial charge in [-0.2, -0.15) is 0 Å². The molecule has 0 aromatic carbocycles. The molecule has 0 aliphatic heterocycles. The zero-order valence-electron chi connectivity index (χ0n) is 11.6. The highest BCUT2D eigenvalue weighted by molar-refractivity contribution is 5.94. The summed E-state index contributed by atoms with van der Waals surface area (Å²) in [7, 11) is 1.82. The van der Waals surface area contributed by atoms with E-state index in [2.05, 4.69) is 15.6 Å². The standard InChI is InChI=1S/C15H23N3O/c1-16-14-10-9-12(11-17-14)15(19)18-13-7-5-3-2-4-6-8-13/h9-11,13H,2-8H2,1H3,(H,16,17)(H,18,19). The van der Waals surface area contributed by atoms with E-state index >= 15 is 0 Å². The highest BCUT2D eigenvalue weighted by Gasteiger charge is 2.15. The highest BCUT2D eigenvalue weighted by Crippen LogP contribution is 2.17. The summed E-state index contributed by atoms with van der Waals surface area (Å²) in [5.74, 6) is 0.781. The first kappa shape index (κ1) is 13.8. The van der Waals surface area contributed by atoms with E-state index in [4.69, 9.17) is 0 Å². The van der Waals surface area contributed by atoms with Gasteiger partial charge in [0.05, 0.1) is 5.56 Å². The van der Waals surface area contributed by atoms with Crippen molar-refractivity contribution < 1.29 is 4.79 Å². The van der Waals surface area contributed by atoms with E-state index in [9.17, 15) is 4.79 Å². The van der Waals surface area contributed by atoms with Crippen LogP contribution in [0, 0.1) is 0 Å². The smallest absolute Gasteiger partial charge is 0.253 e. The van der Waals surface area contributed by atoms with Gasteiger partial charge in [-0.3, -0.25) is 4.79 Å². The van der Waals surface area contributed by atoms with Gasteiger partial charge in [-0.15, -0.1) is 0 Å². The quantitative estimate of drug-likeness (QED) is 0.879. The van der Waals surface area contributed by atoms with Crippen LogP contribution >= 0.6 is 0 Å². The molecule has 1 aliphatic rings. The molecule has 1 saturated carbocycles. The Morgan fingerprint density at radius 1 is 1.16 bits per heavy atom. The van der Waals surface area contributed by atoms with Crippen molar-refractivity contribution in [2.24, 2.45) is 0 Å². The number of amides is 1. The minimum atomic E-state index is 0.000673. The molecule has 2 N–H and O–H groups in total. The summed E-state index contributed by atoms with van der Waals surface area (Å²) in [4.78, 5) is 16.3. The number of pyridine rings is 1. The molecule has 19 heavy (non-hydrogen) atoms. The van der Waals surface area contributed by atoms with Crippen LogP contribution in [0.4, 0.5) is 5.82 Å². The Hall–Kier alpha value is -1.58. The molecule has 0 saturated heterocycles. The minimum absolute atomic E-state index is 0.000673. The van der Waals surface area contributed by atoms with Crippen molar-refractivity contribution in [3.8, 4) is 0 Å². The molecule has 1 aromatic heterocycles. The molecule has 104 valence electrons. The second kappa shape index (κ2) is 7.12. The Morgan fingerprint density at radius 2 is 1.84 bits per heavy atom. The van der Waals surface area contributed by atoms with Crippen molar-refractivity contribution in [1.82, 2.24) is 10.3 Å². The topological polar surface area (TPSA) is 54.0 Å². The van der Waals surface area contributed by atoms with Gasteiger partial charge in [-0.05, 0) is 25.0 Å². The summed E-state index contributed by atoms with van der Waals surface area (Å²) in [5, 5.41) is 6.09. The van der Waals surface area contributed by atoms with E-state index in [1.807, 2.05) is 19.2 Å². The summed E-state index contributed by atoms with van der Waals surface area (Å²) < 4.78 is 0. The van der Waals surface area contributed by atoms with E-state index < -0.39 is 0 Å². The third-order valence-corrected chi connectivity index (χ3v) is 3.72.